The third kappa shape index (κ3) is 3.31. The number of carbonyl (C=O) groups is 4. The molecule has 2 heterocycles. The van der Waals surface area contributed by atoms with Crippen molar-refractivity contribution in [3.63, 3.8) is 0 Å². The third-order valence-corrected chi connectivity index (χ3v) is 4.80. The molecule has 2 aromatic rings. The monoisotopic (exact) mass is 363 g/mol. The van der Waals surface area contributed by atoms with Crippen molar-refractivity contribution in [3.05, 3.63) is 65.2 Å². The number of fused-ring (bicyclic) bond motifs is 1. The molecule has 7 nitrogen and oxygen atoms in total. The molecule has 0 spiro atoms. The van der Waals surface area contributed by atoms with Gasteiger partial charge < -0.3 is 10.2 Å². The second-order valence-corrected chi connectivity index (χ2v) is 6.69. The number of carbonyl (C=O) groups excluding carboxylic acids is 4. The van der Waals surface area contributed by atoms with E-state index in [1.807, 2.05) is 30.3 Å². The highest BCUT2D eigenvalue weighted by atomic mass is 16.2. The molecular weight excluding hydrogens is 346 g/mol. The lowest BCUT2D eigenvalue weighted by molar-refractivity contribution is -0.128. The molecule has 2 aliphatic heterocycles. The van der Waals surface area contributed by atoms with E-state index in [1.165, 1.54) is 12.1 Å². The van der Waals surface area contributed by atoms with E-state index < -0.39 is 17.7 Å². The highest BCUT2D eigenvalue weighted by molar-refractivity contribution is 6.22. The van der Waals surface area contributed by atoms with Crippen molar-refractivity contribution in [3.8, 4) is 0 Å². The topological polar surface area (TPSA) is 95.6 Å². The smallest absolute Gasteiger partial charge is 0.259 e. The van der Waals surface area contributed by atoms with Crippen LogP contribution in [0.5, 0.6) is 0 Å². The molecule has 4 rings (SSSR count). The van der Waals surface area contributed by atoms with Crippen LogP contribution >= 0.6 is 0 Å². The summed E-state index contributed by atoms with van der Waals surface area (Å²) in [6, 6.07) is 14.2. The van der Waals surface area contributed by atoms with Gasteiger partial charge in [-0.1, -0.05) is 30.3 Å². The summed E-state index contributed by atoms with van der Waals surface area (Å²) in [5.41, 5.74) is 1.98. The third-order valence-electron chi connectivity index (χ3n) is 4.80. The molecule has 1 unspecified atom stereocenters. The Bertz CT molecular complexity index is 955. The van der Waals surface area contributed by atoms with E-state index in [-0.39, 0.29) is 23.8 Å². The van der Waals surface area contributed by atoms with Gasteiger partial charge in [0.15, 0.2) is 0 Å². The fourth-order valence-corrected chi connectivity index (χ4v) is 3.39. The predicted octanol–water partition coefficient (Wildman–Crippen LogP) is 1.56. The van der Waals surface area contributed by atoms with Gasteiger partial charge in [0.25, 0.3) is 11.8 Å². The van der Waals surface area contributed by atoms with Crippen LogP contribution in [-0.2, 0) is 16.1 Å². The molecule has 2 aliphatic rings. The maximum Gasteiger partial charge on any atom is 0.259 e. The minimum atomic E-state index is -0.476. The van der Waals surface area contributed by atoms with Crippen molar-refractivity contribution < 1.29 is 19.2 Å². The van der Waals surface area contributed by atoms with Crippen LogP contribution in [0.4, 0.5) is 5.69 Å². The van der Waals surface area contributed by atoms with Crippen molar-refractivity contribution in [2.24, 2.45) is 5.92 Å². The van der Waals surface area contributed by atoms with E-state index in [0.717, 1.165) is 5.56 Å². The zero-order valence-electron chi connectivity index (χ0n) is 14.4. The number of hydrogen-bond donors (Lipinski definition) is 2. The summed E-state index contributed by atoms with van der Waals surface area (Å²) in [4.78, 5) is 49.8. The van der Waals surface area contributed by atoms with Crippen LogP contribution in [0.15, 0.2) is 48.5 Å². The molecule has 0 bridgehead atoms. The number of rotatable bonds is 4. The van der Waals surface area contributed by atoms with E-state index in [2.05, 4.69) is 10.6 Å². The van der Waals surface area contributed by atoms with E-state index in [1.54, 1.807) is 11.0 Å². The molecule has 136 valence electrons. The van der Waals surface area contributed by atoms with Gasteiger partial charge >= 0.3 is 0 Å². The average molecular weight is 363 g/mol. The molecule has 0 radical (unpaired) electrons. The Morgan fingerprint density at radius 1 is 1.04 bits per heavy atom. The zero-order chi connectivity index (χ0) is 19.0. The lowest BCUT2D eigenvalue weighted by Crippen LogP contribution is -2.28. The molecule has 1 atom stereocenters. The molecule has 2 N–H and O–H groups in total. The number of anilines is 1. The molecule has 27 heavy (non-hydrogen) atoms. The standard InChI is InChI=1S/C20H17N3O4/c24-17-8-13(11-23(17)10-12-4-2-1-3-5-12)18(25)21-14-6-7-15-16(9-14)20(27)22-19(15)26/h1-7,9,13H,8,10-11H2,(H,21,25)(H,22,26,27). The minimum absolute atomic E-state index is 0.0575. The van der Waals surface area contributed by atoms with Gasteiger partial charge in [-0.05, 0) is 23.8 Å². The van der Waals surface area contributed by atoms with Crippen LogP contribution in [0.25, 0.3) is 0 Å². The first-order chi connectivity index (χ1) is 13.0. The van der Waals surface area contributed by atoms with Gasteiger partial charge in [-0.2, -0.15) is 0 Å². The van der Waals surface area contributed by atoms with Crippen molar-refractivity contribution in [2.45, 2.75) is 13.0 Å². The summed E-state index contributed by atoms with van der Waals surface area (Å²) in [6.07, 6.45) is 0.155. The highest BCUT2D eigenvalue weighted by Gasteiger charge is 2.34. The Morgan fingerprint density at radius 3 is 2.56 bits per heavy atom. The fourth-order valence-electron chi connectivity index (χ4n) is 3.39. The summed E-state index contributed by atoms with van der Waals surface area (Å²) in [7, 11) is 0. The van der Waals surface area contributed by atoms with E-state index in [4.69, 9.17) is 0 Å². The summed E-state index contributed by atoms with van der Waals surface area (Å²) in [6.45, 7) is 0.827. The summed E-state index contributed by atoms with van der Waals surface area (Å²) in [5, 5.41) is 4.96. The van der Waals surface area contributed by atoms with E-state index >= 15 is 0 Å². The molecule has 0 aromatic heterocycles. The zero-order valence-corrected chi connectivity index (χ0v) is 14.4. The number of nitrogens with one attached hydrogen (secondary N) is 2. The predicted molar refractivity (Wildman–Crippen MR) is 96.8 cm³/mol. The van der Waals surface area contributed by atoms with Crippen LogP contribution in [-0.4, -0.2) is 35.1 Å². The average Bonchev–Trinajstić information content (AvgIpc) is 3.16. The molecule has 0 saturated carbocycles. The normalized spacial score (nSPS) is 18.4. The first-order valence-corrected chi connectivity index (χ1v) is 8.63. The van der Waals surface area contributed by atoms with Gasteiger partial charge in [-0.3, -0.25) is 24.5 Å². The number of hydrogen-bond acceptors (Lipinski definition) is 4. The first kappa shape index (κ1) is 17.0. The maximum absolute atomic E-state index is 12.5. The van der Waals surface area contributed by atoms with Gasteiger partial charge in [-0.25, -0.2) is 0 Å². The Balaban J connectivity index is 1.42. The van der Waals surface area contributed by atoms with Crippen LogP contribution in [0.2, 0.25) is 0 Å². The Labute approximate surface area is 155 Å². The van der Waals surface area contributed by atoms with Gasteiger partial charge in [-0.15, -0.1) is 0 Å². The van der Waals surface area contributed by atoms with Crippen LogP contribution < -0.4 is 10.6 Å². The van der Waals surface area contributed by atoms with E-state index in [0.29, 0.717) is 24.3 Å². The van der Waals surface area contributed by atoms with Crippen LogP contribution in [0.3, 0.4) is 0 Å². The fraction of sp³-hybridized carbons (Fsp3) is 0.200. The summed E-state index contributed by atoms with van der Waals surface area (Å²) >= 11 is 0. The maximum atomic E-state index is 12.5. The quantitative estimate of drug-likeness (QED) is 0.806. The largest absolute Gasteiger partial charge is 0.338 e. The van der Waals surface area contributed by atoms with Gasteiger partial charge in [0.05, 0.1) is 17.0 Å². The van der Waals surface area contributed by atoms with Crippen molar-refractivity contribution in [1.82, 2.24) is 10.2 Å². The summed E-state index contributed by atoms with van der Waals surface area (Å²) in [5.74, 6) is -1.70. The molecule has 4 amide bonds. The molecule has 2 aromatic carbocycles. The van der Waals surface area contributed by atoms with Crippen LogP contribution in [0, 0.1) is 5.92 Å². The number of nitrogens with zero attached hydrogens (tertiary/aromatic N) is 1. The van der Waals surface area contributed by atoms with Crippen molar-refractivity contribution in [2.75, 3.05) is 11.9 Å². The molecular formula is C20H17N3O4. The molecule has 1 saturated heterocycles. The first-order valence-electron chi connectivity index (χ1n) is 8.63. The lowest BCUT2D eigenvalue weighted by atomic mass is 10.1. The molecule has 0 aliphatic carbocycles. The number of imide groups is 1. The van der Waals surface area contributed by atoms with Crippen molar-refractivity contribution >= 4 is 29.3 Å². The van der Waals surface area contributed by atoms with Gasteiger partial charge in [0.2, 0.25) is 11.8 Å². The van der Waals surface area contributed by atoms with E-state index in [9.17, 15) is 19.2 Å². The van der Waals surface area contributed by atoms with Crippen LogP contribution in [0.1, 0.15) is 32.7 Å². The van der Waals surface area contributed by atoms with Crippen molar-refractivity contribution in [1.29, 1.82) is 0 Å². The SMILES string of the molecule is O=C1NC(=O)c2cc(NC(=O)C3CC(=O)N(Cc4ccccc4)C3)ccc21. The minimum Gasteiger partial charge on any atom is -0.338 e. The highest BCUT2D eigenvalue weighted by Crippen LogP contribution is 2.24. The number of amides is 4. The molecule has 7 heteroatoms. The number of likely N-dealkylation sites (tertiary alicyclic amines) is 1. The summed E-state index contributed by atoms with van der Waals surface area (Å²) < 4.78 is 0. The Hall–Kier alpha value is -3.48. The second kappa shape index (κ2) is 6.68. The van der Waals surface area contributed by atoms with Gasteiger partial charge in [0, 0.05) is 25.2 Å². The molecule has 1 fully saturated rings. The Morgan fingerprint density at radius 2 is 1.78 bits per heavy atom. The lowest BCUT2D eigenvalue weighted by Gasteiger charge is -2.16. The number of benzene rings is 2. The second-order valence-electron chi connectivity index (χ2n) is 6.69. The van der Waals surface area contributed by atoms with Gasteiger partial charge in [0.1, 0.15) is 0 Å². The Kier molecular flexibility index (Phi) is 4.19.